The smallest absolute Gasteiger partial charge is 0.300 e. The van der Waals surface area contributed by atoms with Crippen molar-refractivity contribution < 1.29 is 18.0 Å². The number of rotatable bonds is 3. The Labute approximate surface area is 96.0 Å². The zero-order chi connectivity index (χ0) is 12.3. The van der Waals surface area contributed by atoms with E-state index in [1.165, 1.54) is 19.1 Å². The molecule has 1 aromatic carbocycles. The first kappa shape index (κ1) is 13.1. The molecule has 0 aliphatic rings. The van der Waals surface area contributed by atoms with Crippen LogP contribution in [0.25, 0.3) is 0 Å². The van der Waals surface area contributed by atoms with Gasteiger partial charge in [-0.05, 0) is 24.8 Å². The predicted molar refractivity (Wildman–Crippen MR) is 57.6 cm³/mol. The zero-order valence-corrected chi connectivity index (χ0v) is 9.71. The lowest BCUT2D eigenvalue weighted by molar-refractivity contribution is -0.140. The van der Waals surface area contributed by atoms with Crippen LogP contribution in [-0.4, -0.2) is 12.0 Å². The number of hydrogen-bond acceptors (Lipinski definition) is 2. The molecular weight excluding hydrogens is 237 g/mol. The van der Waals surface area contributed by atoms with Gasteiger partial charge in [-0.1, -0.05) is 12.1 Å². The van der Waals surface area contributed by atoms with E-state index >= 15 is 0 Å². The molecule has 0 heterocycles. The minimum atomic E-state index is -4.41. The second-order valence-electron chi connectivity index (χ2n) is 3.37. The highest BCUT2D eigenvalue weighted by Crippen LogP contribution is 2.38. The third-order valence-electron chi connectivity index (χ3n) is 2.06. The molecule has 0 bridgehead atoms. The number of benzene rings is 1. The van der Waals surface area contributed by atoms with E-state index in [1.807, 2.05) is 0 Å². The zero-order valence-electron chi connectivity index (χ0n) is 8.89. The van der Waals surface area contributed by atoms with Crippen LogP contribution in [0.15, 0.2) is 23.1 Å². The first-order chi connectivity index (χ1) is 7.36. The molecule has 1 nitrogen and oxygen atoms in total. The summed E-state index contributed by atoms with van der Waals surface area (Å²) in [5, 5.41) is 0. The number of halogens is 3. The molecule has 5 heteroatoms. The van der Waals surface area contributed by atoms with Crippen molar-refractivity contribution in [3.05, 3.63) is 29.3 Å². The molecule has 88 valence electrons. The molecule has 0 spiro atoms. The highest BCUT2D eigenvalue weighted by molar-refractivity contribution is 7.98. The minimum absolute atomic E-state index is 0.0480. The van der Waals surface area contributed by atoms with Gasteiger partial charge < -0.3 is 0 Å². The fourth-order valence-electron chi connectivity index (χ4n) is 1.48. The summed E-state index contributed by atoms with van der Waals surface area (Å²) >= 11 is 1.03. The third-order valence-corrected chi connectivity index (χ3v) is 2.84. The molecule has 0 aromatic heterocycles. The van der Waals surface area contributed by atoms with Gasteiger partial charge in [-0.3, -0.25) is 4.79 Å². The number of carbonyl (C=O) groups is 1. The third kappa shape index (κ3) is 3.01. The maximum atomic E-state index is 12.8. The normalized spacial score (nSPS) is 11.6. The Hall–Kier alpha value is -0.970. The molecule has 0 N–H and O–H groups in total. The van der Waals surface area contributed by atoms with Gasteiger partial charge >= 0.3 is 6.18 Å². The monoisotopic (exact) mass is 248 g/mol. The van der Waals surface area contributed by atoms with Crippen molar-refractivity contribution in [2.75, 3.05) is 6.26 Å². The van der Waals surface area contributed by atoms with Crippen LogP contribution in [-0.2, 0) is 17.4 Å². The summed E-state index contributed by atoms with van der Waals surface area (Å²) in [6.45, 7) is 1.28. The summed E-state index contributed by atoms with van der Waals surface area (Å²) in [5.41, 5.74) is -0.635. The SMILES string of the molecule is CSc1cccc(CC(C)=O)c1C(F)(F)F. The molecule has 0 unspecified atom stereocenters. The number of hydrogen-bond donors (Lipinski definition) is 0. The molecule has 0 atom stereocenters. The van der Waals surface area contributed by atoms with Gasteiger partial charge in [-0.2, -0.15) is 13.2 Å². The summed E-state index contributed by atoms with van der Waals surface area (Å²) in [5.74, 6) is -0.274. The number of alkyl halides is 3. The van der Waals surface area contributed by atoms with Crippen molar-refractivity contribution >= 4 is 17.5 Å². The van der Waals surface area contributed by atoms with Crippen molar-refractivity contribution in [2.45, 2.75) is 24.4 Å². The van der Waals surface area contributed by atoms with Crippen molar-refractivity contribution in [1.29, 1.82) is 0 Å². The summed E-state index contributed by atoms with van der Waals surface area (Å²) in [6.07, 6.45) is -3.00. The maximum Gasteiger partial charge on any atom is 0.417 e. The van der Waals surface area contributed by atoms with Crippen molar-refractivity contribution in [1.82, 2.24) is 0 Å². The number of thioether (sulfide) groups is 1. The van der Waals surface area contributed by atoms with Gasteiger partial charge in [-0.15, -0.1) is 11.8 Å². The van der Waals surface area contributed by atoms with Crippen molar-refractivity contribution in [3.8, 4) is 0 Å². The van der Waals surface area contributed by atoms with Gasteiger partial charge in [0.15, 0.2) is 0 Å². The Bertz CT molecular complexity index is 399. The molecule has 1 rings (SSSR count). The van der Waals surface area contributed by atoms with E-state index < -0.39 is 11.7 Å². The van der Waals surface area contributed by atoms with E-state index in [0.29, 0.717) is 0 Å². The average molecular weight is 248 g/mol. The van der Waals surface area contributed by atoms with Gasteiger partial charge in [0.05, 0.1) is 5.56 Å². The van der Waals surface area contributed by atoms with Gasteiger partial charge in [0, 0.05) is 11.3 Å². The standard InChI is InChI=1S/C11H11F3OS/c1-7(15)6-8-4-3-5-9(16-2)10(8)11(12,13)14/h3-5H,6H2,1-2H3. The van der Waals surface area contributed by atoms with E-state index in [2.05, 4.69) is 0 Å². The highest BCUT2D eigenvalue weighted by Gasteiger charge is 2.35. The number of Topliss-reactive ketones (excluding diaryl/α,β-unsaturated/α-hetero) is 1. The number of carbonyl (C=O) groups excluding carboxylic acids is 1. The lowest BCUT2D eigenvalue weighted by Gasteiger charge is -2.15. The van der Waals surface area contributed by atoms with E-state index in [-0.39, 0.29) is 22.7 Å². The molecule has 0 saturated heterocycles. The van der Waals surface area contributed by atoms with E-state index in [0.717, 1.165) is 11.8 Å². The lowest BCUT2D eigenvalue weighted by atomic mass is 10.0. The van der Waals surface area contributed by atoms with Crippen LogP contribution in [0.4, 0.5) is 13.2 Å². The van der Waals surface area contributed by atoms with Gasteiger partial charge in [0.1, 0.15) is 5.78 Å². The molecule has 0 fully saturated rings. The Kier molecular flexibility index (Phi) is 4.02. The maximum absolute atomic E-state index is 12.8. The van der Waals surface area contributed by atoms with E-state index in [9.17, 15) is 18.0 Å². The Balaban J connectivity index is 3.32. The summed E-state index contributed by atoms with van der Waals surface area (Å²) in [7, 11) is 0. The van der Waals surface area contributed by atoms with Crippen LogP contribution < -0.4 is 0 Å². The van der Waals surface area contributed by atoms with Crippen molar-refractivity contribution in [3.63, 3.8) is 0 Å². The second kappa shape index (κ2) is 4.91. The fraction of sp³-hybridized carbons (Fsp3) is 0.364. The van der Waals surface area contributed by atoms with Gasteiger partial charge in [-0.25, -0.2) is 0 Å². The Morgan fingerprint density at radius 3 is 2.44 bits per heavy atom. The lowest BCUT2D eigenvalue weighted by Crippen LogP contribution is -2.12. The Morgan fingerprint density at radius 2 is 2.00 bits per heavy atom. The average Bonchev–Trinajstić information content (AvgIpc) is 2.14. The summed E-state index contributed by atoms with van der Waals surface area (Å²) in [4.78, 5) is 11.1. The molecule has 0 radical (unpaired) electrons. The molecule has 0 aliphatic heterocycles. The minimum Gasteiger partial charge on any atom is -0.300 e. The molecular formula is C11H11F3OS. The molecule has 16 heavy (non-hydrogen) atoms. The fourth-order valence-corrected chi connectivity index (χ4v) is 2.15. The van der Waals surface area contributed by atoms with Crippen LogP contribution in [0.5, 0.6) is 0 Å². The van der Waals surface area contributed by atoms with E-state index in [4.69, 9.17) is 0 Å². The predicted octanol–water partition coefficient (Wildman–Crippen LogP) is 3.56. The first-order valence-corrected chi connectivity index (χ1v) is 5.81. The largest absolute Gasteiger partial charge is 0.417 e. The van der Waals surface area contributed by atoms with Crippen LogP contribution >= 0.6 is 11.8 Å². The highest BCUT2D eigenvalue weighted by atomic mass is 32.2. The van der Waals surface area contributed by atoms with E-state index in [1.54, 1.807) is 12.3 Å². The molecule has 0 saturated carbocycles. The van der Waals surface area contributed by atoms with Crippen LogP contribution in [0.1, 0.15) is 18.1 Å². The summed E-state index contributed by atoms with van der Waals surface area (Å²) < 4.78 is 38.5. The first-order valence-electron chi connectivity index (χ1n) is 4.58. The van der Waals surface area contributed by atoms with Gasteiger partial charge in [0.25, 0.3) is 0 Å². The molecule has 0 amide bonds. The molecule has 0 aliphatic carbocycles. The topological polar surface area (TPSA) is 17.1 Å². The second-order valence-corrected chi connectivity index (χ2v) is 4.22. The molecule has 1 aromatic rings. The van der Waals surface area contributed by atoms with Crippen LogP contribution in [0.2, 0.25) is 0 Å². The Morgan fingerprint density at radius 1 is 1.38 bits per heavy atom. The quantitative estimate of drug-likeness (QED) is 0.761. The summed E-state index contributed by atoms with van der Waals surface area (Å²) in [6, 6.07) is 4.31. The van der Waals surface area contributed by atoms with Crippen LogP contribution in [0.3, 0.4) is 0 Å². The van der Waals surface area contributed by atoms with Crippen LogP contribution in [0, 0.1) is 0 Å². The number of ketones is 1. The van der Waals surface area contributed by atoms with Crippen molar-refractivity contribution in [2.24, 2.45) is 0 Å². The van der Waals surface area contributed by atoms with Gasteiger partial charge in [0.2, 0.25) is 0 Å².